The Bertz CT molecular complexity index is 955. The summed E-state index contributed by atoms with van der Waals surface area (Å²) in [6.07, 6.45) is 4.41. The number of fused-ring (bicyclic) bond motifs is 1. The zero-order valence-electron chi connectivity index (χ0n) is 13.6. The van der Waals surface area contributed by atoms with Crippen LogP contribution in [0.15, 0.2) is 58.1 Å². The molecule has 0 unspecified atom stereocenters. The Morgan fingerprint density at radius 1 is 1.20 bits per heavy atom. The molecule has 0 spiro atoms. The summed E-state index contributed by atoms with van der Waals surface area (Å²) in [5.74, 6) is 0.647. The normalized spacial score (nSPS) is 14.3. The first-order valence-corrected chi connectivity index (χ1v) is 8.97. The van der Waals surface area contributed by atoms with Gasteiger partial charge in [0.15, 0.2) is 0 Å². The van der Waals surface area contributed by atoms with Gasteiger partial charge in [0, 0.05) is 48.5 Å². The van der Waals surface area contributed by atoms with Crippen molar-refractivity contribution in [3.8, 4) is 11.4 Å². The Labute approximate surface area is 153 Å². The molecular formula is C19H17BrN4O. The van der Waals surface area contributed by atoms with E-state index in [1.54, 1.807) is 6.20 Å². The molecule has 126 valence electrons. The van der Waals surface area contributed by atoms with Crippen LogP contribution in [0, 0.1) is 0 Å². The van der Waals surface area contributed by atoms with E-state index in [9.17, 15) is 4.79 Å². The Hall–Kier alpha value is -2.31. The molecule has 0 atom stereocenters. The summed E-state index contributed by atoms with van der Waals surface area (Å²) in [6.45, 7) is 2.26. The smallest absolute Gasteiger partial charge is 0.255 e. The highest BCUT2D eigenvalue weighted by Gasteiger charge is 2.21. The minimum atomic E-state index is -0.0408. The highest BCUT2D eigenvalue weighted by Crippen LogP contribution is 2.20. The number of hydrogen-bond donors (Lipinski definition) is 1. The lowest BCUT2D eigenvalue weighted by Gasteiger charge is -2.27. The molecule has 6 heteroatoms. The number of H-pyrrole nitrogens is 1. The average molecular weight is 397 g/mol. The minimum absolute atomic E-state index is 0.0408. The molecule has 0 amide bonds. The lowest BCUT2D eigenvalue weighted by Crippen LogP contribution is -2.35. The van der Waals surface area contributed by atoms with Gasteiger partial charge in [-0.1, -0.05) is 30.3 Å². The molecule has 1 aliphatic heterocycles. The zero-order valence-corrected chi connectivity index (χ0v) is 15.2. The second-order valence-corrected chi connectivity index (χ2v) is 7.09. The van der Waals surface area contributed by atoms with Crippen molar-refractivity contribution in [1.82, 2.24) is 19.9 Å². The molecule has 0 saturated carbocycles. The maximum atomic E-state index is 12.6. The van der Waals surface area contributed by atoms with Gasteiger partial charge in [0.1, 0.15) is 5.82 Å². The zero-order chi connectivity index (χ0) is 17.2. The number of benzene rings is 1. The van der Waals surface area contributed by atoms with E-state index in [1.807, 2.05) is 36.5 Å². The van der Waals surface area contributed by atoms with Crippen molar-refractivity contribution in [2.75, 3.05) is 6.54 Å². The number of pyridine rings is 1. The molecule has 5 nitrogen and oxygen atoms in total. The molecule has 2 aromatic heterocycles. The fourth-order valence-corrected chi connectivity index (χ4v) is 3.56. The maximum absolute atomic E-state index is 12.6. The number of halogens is 1. The first-order valence-electron chi connectivity index (χ1n) is 8.18. The van der Waals surface area contributed by atoms with E-state index in [1.165, 1.54) is 0 Å². The van der Waals surface area contributed by atoms with Gasteiger partial charge in [-0.3, -0.25) is 14.7 Å². The highest BCUT2D eigenvalue weighted by molar-refractivity contribution is 9.10. The summed E-state index contributed by atoms with van der Waals surface area (Å²) in [5.41, 5.74) is 3.70. The molecular weight excluding hydrogens is 380 g/mol. The van der Waals surface area contributed by atoms with Crippen LogP contribution >= 0.6 is 15.9 Å². The lowest BCUT2D eigenvalue weighted by atomic mass is 10.1. The second kappa shape index (κ2) is 6.90. The Morgan fingerprint density at radius 2 is 2.04 bits per heavy atom. The summed E-state index contributed by atoms with van der Waals surface area (Å²) in [6, 6.07) is 11.8. The van der Waals surface area contributed by atoms with Crippen LogP contribution in [0.5, 0.6) is 0 Å². The van der Waals surface area contributed by atoms with Crippen LogP contribution in [-0.2, 0) is 19.5 Å². The molecule has 1 aromatic carbocycles. The van der Waals surface area contributed by atoms with Crippen LogP contribution in [0.2, 0.25) is 0 Å². The third-order valence-corrected chi connectivity index (χ3v) is 4.80. The van der Waals surface area contributed by atoms with Gasteiger partial charge >= 0.3 is 0 Å². The quantitative estimate of drug-likeness (QED) is 0.738. The van der Waals surface area contributed by atoms with E-state index in [4.69, 9.17) is 4.98 Å². The second-order valence-electron chi connectivity index (χ2n) is 6.18. The predicted octanol–water partition coefficient (Wildman–Crippen LogP) is 3.15. The van der Waals surface area contributed by atoms with Crippen LogP contribution in [0.25, 0.3) is 11.4 Å². The molecule has 0 saturated heterocycles. The van der Waals surface area contributed by atoms with Crippen molar-refractivity contribution in [1.29, 1.82) is 0 Å². The monoisotopic (exact) mass is 396 g/mol. The average Bonchev–Trinajstić information content (AvgIpc) is 2.63. The third-order valence-electron chi connectivity index (χ3n) is 4.36. The standard InChI is InChI=1S/C19H17BrN4O/c20-15-8-13(9-21-10-15)11-24-7-6-17-16(12-24)19(25)23-18(22-17)14-4-2-1-3-5-14/h1-5,8-10H,6-7,11-12H2,(H,22,23,25). The molecule has 0 fully saturated rings. The van der Waals surface area contributed by atoms with Crippen LogP contribution in [-0.4, -0.2) is 26.4 Å². The van der Waals surface area contributed by atoms with Gasteiger partial charge in [-0.05, 0) is 27.6 Å². The summed E-state index contributed by atoms with van der Waals surface area (Å²) in [5, 5.41) is 0. The van der Waals surface area contributed by atoms with Crippen molar-refractivity contribution in [3.63, 3.8) is 0 Å². The van der Waals surface area contributed by atoms with Gasteiger partial charge in [0.05, 0.1) is 11.3 Å². The van der Waals surface area contributed by atoms with Crippen molar-refractivity contribution in [3.05, 3.63) is 80.4 Å². The molecule has 25 heavy (non-hydrogen) atoms. The van der Waals surface area contributed by atoms with Gasteiger partial charge in [-0.15, -0.1) is 0 Å². The number of aromatic nitrogens is 3. The van der Waals surface area contributed by atoms with Crippen molar-refractivity contribution in [2.45, 2.75) is 19.5 Å². The highest BCUT2D eigenvalue weighted by atomic mass is 79.9. The molecule has 3 aromatic rings. The Balaban J connectivity index is 1.58. The fourth-order valence-electron chi connectivity index (χ4n) is 3.15. The lowest BCUT2D eigenvalue weighted by molar-refractivity contribution is 0.241. The van der Waals surface area contributed by atoms with Crippen LogP contribution in [0.3, 0.4) is 0 Å². The molecule has 1 aliphatic rings. The van der Waals surface area contributed by atoms with Gasteiger partial charge < -0.3 is 4.98 Å². The molecule has 1 N–H and O–H groups in total. The predicted molar refractivity (Wildman–Crippen MR) is 100 cm³/mol. The fraction of sp³-hybridized carbons (Fsp3) is 0.211. The molecule has 4 rings (SSSR count). The van der Waals surface area contributed by atoms with E-state index in [-0.39, 0.29) is 5.56 Å². The molecule has 0 bridgehead atoms. The molecule has 3 heterocycles. The SMILES string of the molecule is O=c1[nH]c(-c2ccccc2)nc2c1CN(Cc1cncc(Br)c1)CC2. The van der Waals surface area contributed by atoms with Crippen molar-refractivity contribution < 1.29 is 0 Å². The molecule has 0 aliphatic carbocycles. The third kappa shape index (κ3) is 3.55. The summed E-state index contributed by atoms with van der Waals surface area (Å²) >= 11 is 3.45. The van der Waals surface area contributed by atoms with Gasteiger partial charge in [-0.2, -0.15) is 0 Å². The number of nitrogens with one attached hydrogen (secondary N) is 1. The summed E-state index contributed by atoms with van der Waals surface area (Å²) < 4.78 is 0.967. The van der Waals surface area contributed by atoms with Crippen LogP contribution < -0.4 is 5.56 Å². The maximum Gasteiger partial charge on any atom is 0.255 e. The first-order chi connectivity index (χ1) is 12.2. The van der Waals surface area contributed by atoms with E-state index in [0.29, 0.717) is 12.4 Å². The van der Waals surface area contributed by atoms with Gasteiger partial charge in [0.25, 0.3) is 5.56 Å². The first kappa shape index (κ1) is 16.2. The van der Waals surface area contributed by atoms with Gasteiger partial charge in [0.2, 0.25) is 0 Å². The van der Waals surface area contributed by atoms with Crippen molar-refractivity contribution >= 4 is 15.9 Å². The van der Waals surface area contributed by atoms with Crippen LogP contribution in [0.1, 0.15) is 16.8 Å². The number of nitrogens with zero attached hydrogens (tertiary/aromatic N) is 3. The van der Waals surface area contributed by atoms with Gasteiger partial charge in [-0.25, -0.2) is 4.98 Å². The number of rotatable bonds is 3. The number of aromatic amines is 1. The van der Waals surface area contributed by atoms with E-state index >= 15 is 0 Å². The van der Waals surface area contributed by atoms with E-state index < -0.39 is 0 Å². The summed E-state index contributed by atoms with van der Waals surface area (Å²) in [4.78, 5) is 26.7. The van der Waals surface area contributed by atoms with Crippen molar-refractivity contribution in [2.24, 2.45) is 0 Å². The number of hydrogen-bond acceptors (Lipinski definition) is 4. The Kier molecular flexibility index (Phi) is 4.46. The van der Waals surface area contributed by atoms with E-state index in [2.05, 4.69) is 36.9 Å². The molecule has 0 radical (unpaired) electrons. The minimum Gasteiger partial charge on any atom is -0.306 e. The Morgan fingerprint density at radius 3 is 2.84 bits per heavy atom. The summed E-state index contributed by atoms with van der Waals surface area (Å²) in [7, 11) is 0. The largest absolute Gasteiger partial charge is 0.306 e. The van der Waals surface area contributed by atoms with E-state index in [0.717, 1.165) is 46.4 Å². The van der Waals surface area contributed by atoms with Crippen LogP contribution in [0.4, 0.5) is 0 Å². The topological polar surface area (TPSA) is 61.9 Å².